The second kappa shape index (κ2) is 8.51. The number of halogens is 1. The van der Waals surface area contributed by atoms with Crippen molar-refractivity contribution in [1.82, 2.24) is 0 Å². The van der Waals surface area contributed by atoms with Crippen LogP contribution < -0.4 is 4.90 Å². The predicted octanol–water partition coefficient (Wildman–Crippen LogP) is 2.86. The molecule has 0 aliphatic rings. The summed E-state index contributed by atoms with van der Waals surface area (Å²) in [6.07, 6.45) is 0.307. The van der Waals surface area contributed by atoms with E-state index in [-0.39, 0.29) is 5.69 Å². The topological polar surface area (TPSA) is 79.4 Å². The van der Waals surface area contributed by atoms with Gasteiger partial charge in [-0.05, 0) is 11.6 Å². The molecule has 0 unspecified atom stereocenters. The van der Waals surface area contributed by atoms with Gasteiger partial charge in [0.1, 0.15) is 5.69 Å². The van der Waals surface area contributed by atoms with Crippen LogP contribution in [0.25, 0.3) is 0 Å². The van der Waals surface area contributed by atoms with E-state index in [1.165, 1.54) is 0 Å². The fraction of sp³-hybridized carbons (Fsp3) is 0.462. The SMILES string of the molecule is COCCN(CCC#N)c1ccc(CBr)cc1[N+](=O)[O-]. The molecular weight excluding hydrogens is 326 g/mol. The maximum atomic E-state index is 11.2. The van der Waals surface area contributed by atoms with Crippen molar-refractivity contribution in [2.24, 2.45) is 0 Å². The van der Waals surface area contributed by atoms with Crippen molar-refractivity contribution < 1.29 is 9.66 Å². The Morgan fingerprint density at radius 3 is 2.80 bits per heavy atom. The fourth-order valence-electron chi connectivity index (χ4n) is 1.80. The van der Waals surface area contributed by atoms with E-state index in [4.69, 9.17) is 10.00 Å². The van der Waals surface area contributed by atoms with Crippen LogP contribution in [0.5, 0.6) is 0 Å². The molecule has 0 N–H and O–H groups in total. The molecule has 0 atom stereocenters. The summed E-state index contributed by atoms with van der Waals surface area (Å²) in [5, 5.41) is 20.5. The highest BCUT2D eigenvalue weighted by atomic mass is 79.9. The number of methoxy groups -OCH3 is 1. The first kappa shape index (κ1) is 16.4. The van der Waals surface area contributed by atoms with Gasteiger partial charge in [-0.2, -0.15) is 5.26 Å². The first-order chi connectivity index (χ1) is 9.63. The number of nitriles is 1. The Bertz CT molecular complexity index is 502. The fourth-order valence-corrected chi connectivity index (χ4v) is 2.15. The molecule has 0 saturated carbocycles. The summed E-state index contributed by atoms with van der Waals surface area (Å²) in [5.74, 6) is 0. The first-order valence-corrected chi connectivity index (χ1v) is 7.20. The van der Waals surface area contributed by atoms with Crippen LogP contribution in [0.15, 0.2) is 18.2 Å². The van der Waals surface area contributed by atoms with E-state index in [2.05, 4.69) is 22.0 Å². The molecule has 0 aromatic heterocycles. The number of rotatable bonds is 8. The van der Waals surface area contributed by atoms with Crippen molar-refractivity contribution in [3.63, 3.8) is 0 Å². The lowest BCUT2D eigenvalue weighted by molar-refractivity contribution is -0.384. The molecule has 1 aromatic rings. The molecule has 0 heterocycles. The lowest BCUT2D eigenvalue weighted by Gasteiger charge is -2.23. The molecule has 6 nitrogen and oxygen atoms in total. The second-order valence-electron chi connectivity index (χ2n) is 4.10. The Hall–Kier alpha value is -1.65. The number of nitro benzene ring substituents is 1. The Labute approximate surface area is 126 Å². The summed E-state index contributed by atoms with van der Waals surface area (Å²) in [4.78, 5) is 12.6. The van der Waals surface area contributed by atoms with E-state index in [0.717, 1.165) is 5.56 Å². The quantitative estimate of drug-likeness (QED) is 0.412. The maximum Gasteiger partial charge on any atom is 0.292 e. The third kappa shape index (κ3) is 4.47. The number of benzene rings is 1. The Balaban J connectivity index is 3.10. The average molecular weight is 342 g/mol. The third-order valence-electron chi connectivity index (χ3n) is 2.79. The highest BCUT2D eigenvalue weighted by Crippen LogP contribution is 2.30. The van der Waals surface area contributed by atoms with E-state index < -0.39 is 4.92 Å². The van der Waals surface area contributed by atoms with Crippen LogP contribution in [-0.4, -0.2) is 31.7 Å². The van der Waals surface area contributed by atoms with Crippen LogP contribution in [0.2, 0.25) is 0 Å². The van der Waals surface area contributed by atoms with E-state index in [0.29, 0.717) is 37.1 Å². The zero-order valence-corrected chi connectivity index (χ0v) is 12.8. The van der Waals surface area contributed by atoms with Gasteiger partial charge in [0, 0.05) is 31.6 Å². The predicted molar refractivity (Wildman–Crippen MR) is 80.0 cm³/mol. The van der Waals surface area contributed by atoms with Gasteiger partial charge in [0.15, 0.2) is 0 Å². The molecular formula is C13H16BrN3O3. The number of anilines is 1. The second-order valence-corrected chi connectivity index (χ2v) is 4.66. The van der Waals surface area contributed by atoms with Crippen molar-refractivity contribution in [2.75, 3.05) is 31.7 Å². The molecule has 0 fully saturated rings. The van der Waals surface area contributed by atoms with Gasteiger partial charge < -0.3 is 9.64 Å². The maximum absolute atomic E-state index is 11.2. The van der Waals surface area contributed by atoms with Gasteiger partial charge in [-0.15, -0.1) is 0 Å². The molecule has 1 aromatic carbocycles. The highest BCUT2D eigenvalue weighted by Gasteiger charge is 2.19. The molecule has 0 saturated heterocycles. The van der Waals surface area contributed by atoms with Crippen molar-refractivity contribution in [3.8, 4) is 6.07 Å². The molecule has 7 heteroatoms. The molecule has 0 amide bonds. The van der Waals surface area contributed by atoms with E-state index in [1.807, 2.05) is 11.0 Å². The van der Waals surface area contributed by atoms with E-state index in [1.54, 1.807) is 19.2 Å². The molecule has 1 rings (SSSR count). The minimum Gasteiger partial charge on any atom is -0.383 e. The number of nitro groups is 1. The smallest absolute Gasteiger partial charge is 0.292 e. The lowest BCUT2D eigenvalue weighted by atomic mass is 10.1. The summed E-state index contributed by atoms with van der Waals surface area (Å²) in [6.45, 7) is 1.39. The van der Waals surface area contributed by atoms with E-state index in [9.17, 15) is 10.1 Å². The van der Waals surface area contributed by atoms with Gasteiger partial charge in [0.05, 0.1) is 24.0 Å². The molecule has 0 spiro atoms. The van der Waals surface area contributed by atoms with Gasteiger partial charge in [-0.25, -0.2) is 0 Å². The monoisotopic (exact) mass is 341 g/mol. The summed E-state index contributed by atoms with van der Waals surface area (Å²) in [6, 6.07) is 7.17. The summed E-state index contributed by atoms with van der Waals surface area (Å²) < 4.78 is 5.02. The minimum absolute atomic E-state index is 0.0518. The van der Waals surface area contributed by atoms with Crippen LogP contribution in [0, 0.1) is 21.4 Å². The van der Waals surface area contributed by atoms with Crippen LogP contribution in [0.1, 0.15) is 12.0 Å². The minimum atomic E-state index is -0.395. The molecule has 108 valence electrons. The van der Waals surface area contributed by atoms with Crippen molar-refractivity contribution >= 4 is 27.3 Å². The third-order valence-corrected chi connectivity index (χ3v) is 3.44. The summed E-state index contributed by atoms with van der Waals surface area (Å²) >= 11 is 3.29. The zero-order chi connectivity index (χ0) is 15.0. The number of hydrogen-bond acceptors (Lipinski definition) is 5. The number of nitrogens with zero attached hydrogens (tertiary/aromatic N) is 3. The molecule has 0 bridgehead atoms. The Morgan fingerprint density at radius 2 is 2.25 bits per heavy atom. The van der Waals surface area contributed by atoms with Crippen LogP contribution >= 0.6 is 15.9 Å². The number of hydrogen-bond donors (Lipinski definition) is 0. The van der Waals surface area contributed by atoms with Crippen molar-refractivity contribution in [2.45, 2.75) is 11.8 Å². The number of alkyl halides is 1. The largest absolute Gasteiger partial charge is 0.383 e. The van der Waals surface area contributed by atoms with Crippen LogP contribution in [-0.2, 0) is 10.1 Å². The molecule has 20 heavy (non-hydrogen) atoms. The summed E-state index contributed by atoms with van der Waals surface area (Å²) in [7, 11) is 1.57. The molecule has 0 aliphatic heterocycles. The lowest BCUT2D eigenvalue weighted by Crippen LogP contribution is -2.28. The van der Waals surface area contributed by atoms with Gasteiger partial charge in [0.25, 0.3) is 5.69 Å². The highest BCUT2D eigenvalue weighted by molar-refractivity contribution is 9.08. The number of ether oxygens (including phenoxy) is 1. The summed E-state index contributed by atoms with van der Waals surface area (Å²) in [5.41, 5.74) is 1.41. The van der Waals surface area contributed by atoms with E-state index >= 15 is 0 Å². The van der Waals surface area contributed by atoms with Crippen molar-refractivity contribution in [3.05, 3.63) is 33.9 Å². The van der Waals surface area contributed by atoms with Gasteiger partial charge >= 0.3 is 0 Å². The first-order valence-electron chi connectivity index (χ1n) is 6.08. The van der Waals surface area contributed by atoms with Gasteiger partial charge in [-0.3, -0.25) is 10.1 Å². The Morgan fingerprint density at radius 1 is 1.50 bits per heavy atom. The van der Waals surface area contributed by atoms with Crippen molar-refractivity contribution in [1.29, 1.82) is 5.26 Å². The molecule has 0 radical (unpaired) electrons. The zero-order valence-electron chi connectivity index (χ0n) is 11.2. The normalized spacial score (nSPS) is 10.1. The molecule has 0 aliphatic carbocycles. The van der Waals surface area contributed by atoms with Crippen LogP contribution in [0.3, 0.4) is 0 Å². The van der Waals surface area contributed by atoms with Gasteiger partial charge in [0.2, 0.25) is 0 Å². The Kier molecular flexibility index (Phi) is 6.98. The van der Waals surface area contributed by atoms with Crippen LogP contribution in [0.4, 0.5) is 11.4 Å². The standard InChI is InChI=1S/C13H16BrN3O3/c1-20-8-7-16(6-2-5-15)12-4-3-11(10-14)9-13(12)17(18)19/h3-4,9H,2,6-8,10H2,1H3. The van der Waals surface area contributed by atoms with Gasteiger partial charge in [-0.1, -0.05) is 22.0 Å². The average Bonchev–Trinajstić information content (AvgIpc) is 2.47.